The monoisotopic (exact) mass is 379 g/mol. The van der Waals surface area contributed by atoms with Crippen molar-refractivity contribution in [1.82, 2.24) is 15.1 Å². The zero-order valence-electron chi connectivity index (χ0n) is 15.4. The van der Waals surface area contributed by atoms with Crippen LogP contribution in [0.4, 0.5) is 0 Å². The molecular formula is C22H22ClN3O. The summed E-state index contributed by atoms with van der Waals surface area (Å²) < 4.78 is 1.93. The summed E-state index contributed by atoms with van der Waals surface area (Å²) in [6.45, 7) is 4.53. The Labute approximate surface area is 164 Å². The Morgan fingerprint density at radius 2 is 1.96 bits per heavy atom. The number of rotatable bonds is 5. The van der Waals surface area contributed by atoms with E-state index in [1.54, 1.807) is 0 Å². The normalized spacial score (nSPS) is 18.3. The molecule has 1 heterocycles. The molecule has 0 aliphatic heterocycles. The Bertz CT molecular complexity index is 980. The Morgan fingerprint density at radius 3 is 2.70 bits per heavy atom. The number of nitrogens with zero attached hydrogens (tertiary/aromatic N) is 2. The molecule has 0 spiro atoms. The van der Waals surface area contributed by atoms with Gasteiger partial charge in [0.25, 0.3) is 0 Å². The zero-order chi connectivity index (χ0) is 19.0. The highest BCUT2D eigenvalue weighted by Crippen LogP contribution is 2.48. The number of carbonyl (C=O) groups is 1. The van der Waals surface area contributed by atoms with Gasteiger partial charge < -0.3 is 5.32 Å². The molecule has 5 heteroatoms. The van der Waals surface area contributed by atoms with Gasteiger partial charge in [-0.3, -0.25) is 4.79 Å². The van der Waals surface area contributed by atoms with Crippen LogP contribution in [0.25, 0.3) is 5.69 Å². The Balaban J connectivity index is 1.42. The number of benzene rings is 2. The summed E-state index contributed by atoms with van der Waals surface area (Å²) in [6.07, 6.45) is 0.882. The van der Waals surface area contributed by atoms with Gasteiger partial charge in [-0.05, 0) is 56.0 Å². The molecule has 4 rings (SSSR count). The minimum Gasteiger partial charge on any atom is -0.352 e. The molecule has 0 radical (unpaired) electrons. The van der Waals surface area contributed by atoms with Crippen molar-refractivity contribution in [2.75, 3.05) is 0 Å². The fourth-order valence-corrected chi connectivity index (χ4v) is 3.85. The number of halogens is 1. The minimum absolute atomic E-state index is 0.0354. The van der Waals surface area contributed by atoms with Crippen molar-refractivity contribution in [3.8, 4) is 5.69 Å². The lowest BCUT2D eigenvalue weighted by Gasteiger charge is -2.07. The average Bonchev–Trinajstić information content (AvgIpc) is 3.42. The Morgan fingerprint density at radius 1 is 1.19 bits per heavy atom. The molecule has 3 aromatic rings. The van der Waals surface area contributed by atoms with E-state index in [1.165, 1.54) is 0 Å². The summed E-state index contributed by atoms with van der Waals surface area (Å²) in [5.41, 5.74) is 5.25. The predicted molar refractivity (Wildman–Crippen MR) is 107 cm³/mol. The van der Waals surface area contributed by atoms with Crippen LogP contribution < -0.4 is 5.32 Å². The van der Waals surface area contributed by atoms with E-state index in [9.17, 15) is 4.79 Å². The number of hydrogen-bond donors (Lipinski definition) is 1. The van der Waals surface area contributed by atoms with Crippen molar-refractivity contribution < 1.29 is 4.79 Å². The van der Waals surface area contributed by atoms with Crippen LogP contribution in [0.2, 0.25) is 5.02 Å². The molecule has 2 unspecified atom stereocenters. The van der Waals surface area contributed by atoms with Crippen LogP contribution in [-0.4, -0.2) is 15.7 Å². The van der Waals surface area contributed by atoms with E-state index < -0.39 is 0 Å². The standard InChI is InChI=1S/C22H22ClN3O/c1-14-21(15(2)26(25-14)18-9-4-3-5-10-18)13-24-22(27)20-12-19(20)16-7-6-8-17(23)11-16/h3-11,19-20H,12-13H2,1-2H3,(H,24,27). The highest BCUT2D eigenvalue weighted by atomic mass is 35.5. The summed E-state index contributed by atoms with van der Waals surface area (Å²) in [6, 6.07) is 17.8. The van der Waals surface area contributed by atoms with Gasteiger partial charge in [0.05, 0.1) is 11.4 Å². The molecule has 0 bridgehead atoms. The molecule has 1 fully saturated rings. The van der Waals surface area contributed by atoms with Gasteiger partial charge in [0.15, 0.2) is 0 Å². The van der Waals surface area contributed by atoms with E-state index >= 15 is 0 Å². The molecule has 1 aliphatic rings. The highest BCUT2D eigenvalue weighted by Gasteiger charge is 2.43. The van der Waals surface area contributed by atoms with Crippen molar-refractivity contribution in [3.05, 3.63) is 82.1 Å². The number of para-hydroxylation sites is 1. The van der Waals surface area contributed by atoms with Gasteiger partial charge in [-0.1, -0.05) is 41.9 Å². The molecule has 0 saturated heterocycles. The topological polar surface area (TPSA) is 46.9 Å². The van der Waals surface area contributed by atoms with Crippen LogP contribution in [0.5, 0.6) is 0 Å². The van der Waals surface area contributed by atoms with Gasteiger partial charge in [-0.25, -0.2) is 4.68 Å². The zero-order valence-corrected chi connectivity index (χ0v) is 16.2. The van der Waals surface area contributed by atoms with E-state index in [2.05, 4.69) is 10.4 Å². The maximum absolute atomic E-state index is 12.6. The number of nitrogens with one attached hydrogen (secondary N) is 1. The molecular weight excluding hydrogens is 358 g/mol. The third-order valence-electron chi connectivity index (χ3n) is 5.29. The van der Waals surface area contributed by atoms with Gasteiger partial charge in [0.2, 0.25) is 5.91 Å². The molecule has 1 amide bonds. The van der Waals surface area contributed by atoms with Crippen LogP contribution in [0.3, 0.4) is 0 Å². The number of aromatic nitrogens is 2. The van der Waals surface area contributed by atoms with Gasteiger partial charge in [-0.15, -0.1) is 0 Å². The van der Waals surface area contributed by atoms with Crippen LogP contribution in [0, 0.1) is 19.8 Å². The third kappa shape index (κ3) is 3.62. The van der Waals surface area contributed by atoms with Crippen molar-refractivity contribution in [3.63, 3.8) is 0 Å². The fraction of sp³-hybridized carbons (Fsp3) is 0.273. The number of amides is 1. The van der Waals surface area contributed by atoms with Crippen LogP contribution in [0.15, 0.2) is 54.6 Å². The summed E-state index contributed by atoms with van der Waals surface area (Å²) in [5.74, 6) is 0.414. The largest absolute Gasteiger partial charge is 0.352 e. The molecule has 1 aliphatic carbocycles. The molecule has 1 saturated carbocycles. The predicted octanol–water partition coefficient (Wildman–Crippen LogP) is 4.56. The van der Waals surface area contributed by atoms with E-state index in [0.29, 0.717) is 6.54 Å². The van der Waals surface area contributed by atoms with Crippen LogP contribution in [0.1, 0.15) is 34.9 Å². The SMILES string of the molecule is Cc1nn(-c2ccccc2)c(C)c1CNC(=O)C1CC1c1cccc(Cl)c1. The van der Waals surface area contributed by atoms with Crippen LogP contribution >= 0.6 is 11.6 Å². The first kappa shape index (κ1) is 17.8. The fourth-order valence-electron chi connectivity index (χ4n) is 3.65. The van der Waals surface area contributed by atoms with Crippen molar-refractivity contribution in [1.29, 1.82) is 0 Å². The van der Waals surface area contributed by atoms with Crippen molar-refractivity contribution >= 4 is 17.5 Å². The number of carbonyl (C=O) groups excluding carboxylic acids is 1. The summed E-state index contributed by atoms with van der Waals surface area (Å²) in [7, 11) is 0. The van der Waals surface area contributed by atoms with E-state index in [1.807, 2.05) is 73.1 Å². The summed E-state index contributed by atoms with van der Waals surface area (Å²) in [4.78, 5) is 12.6. The lowest BCUT2D eigenvalue weighted by atomic mass is 10.1. The summed E-state index contributed by atoms with van der Waals surface area (Å²) >= 11 is 6.06. The van der Waals surface area contributed by atoms with Crippen LogP contribution in [-0.2, 0) is 11.3 Å². The number of aryl methyl sites for hydroxylation is 1. The van der Waals surface area contributed by atoms with E-state index in [0.717, 1.165) is 39.6 Å². The third-order valence-corrected chi connectivity index (χ3v) is 5.52. The second-order valence-electron chi connectivity index (χ2n) is 7.12. The van der Waals surface area contributed by atoms with Gasteiger partial charge >= 0.3 is 0 Å². The van der Waals surface area contributed by atoms with Gasteiger partial charge in [0, 0.05) is 28.7 Å². The van der Waals surface area contributed by atoms with Gasteiger partial charge in [-0.2, -0.15) is 5.10 Å². The average molecular weight is 380 g/mol. The maximum atomic E-state index is 12.6. The first-order valence-corrected chi connectivity index (χ1v) is 9.56. The highest BCUT2D eigenvalue weighted by molar-refractivity contribution is 6.30. The molecule has 2 aromatic carbocycles. The lowest BCUT2D eigenvalue weighted by Crippen LogP contribution is -2.25. The second kappa shape index (κ2) is 7.20. The first-order chi connectivity index (χ1) is 13.0. The summed E-state index contributed by atoms with van der Waals surface area (Å²) in [5, 5.41) is 8.46. The van der Waals surface area contributed by atoms with E-state index in [-0.39, 0.29) is 17.7 Å². The van der Waals surface area contributed by atoms with Crippen molar-refractivity contribution in [2.45, 2.75) is 32.7 Å². The Hall–Kier alpha value is -2.59. The molecule has 1 N–H and O–H groups in total. The molecule has 2 atom stereocenters. The molecule has 4 nitrogen and oxygen atoms in total. The molecule has 138 valence electrons. The minimum atomic E-state index is 0.0354. The first-order valence-electron chi connectivity index (χ1n) is 9.18. The smallest absolute Gasteiger partial charge is 0.224 e. The quantitative estimate of drug-likeness (QED) is 0.706. The van der Waals surface area contributed by atoms with Crippen molar-refractivity contribution in [2.24, 2.45) is 5.92 Å². The molecule has 1 aromatic heterocycles. The maximum Gasteiger partial charge on any atom is 0.224 e. The van der Waals surface area contributed by atoms with E-state index in [4.69, 9.17) is 11.6 Å². The number of hydrogen-bond acceptors (Lipinski definition) is 2. The molecule has 27 heavy (non-hydrogen) atoms. The second-order valence-corrected chi connectivity index (χ2v) is 7.55. The van der Waals surface area contributed by atoms with Gasteiger partial charge in [0.1, 0.15) is 0 Å². The Kier molecular flexibility index (Phi) is 4.75. The lowest BCUT2D eigenvalue weighted by molar-refractivity contribution is -0.122.